The number of carbonyl (C=O) groups is 1. The zero-order valence-corrected chi connectivity index (χ0v) is 12.4. The lowest BCUT2D eigenvalue weighted by atomic mass is 10.1. The van der Waals surface area contributed by atoms with Gasteiger partial charge in [0.25, 0.3) is 0 Å². The summed E-state index contributed by atoms with van der Waals surface area (Å²) < 4.78 is 21.3. The van der Waals surface area contributed by atoms with E-state index in [0.29, 0.717) is 11.3 Å². The van der Waals surface area contributed by atoms with Gasteiger partial charge in [0, 0.05) is 5.56 Å². The lowest BCUT2D eigenvalue weighted by Crippen LogP contribution is -2.24. The molecule has 6 nitrogen and oxygen atoms in total. The van der Waals surface area contributed by atoms with Crippen LogP contribution in [0.4, 0.5) is 0 Å². The molecule has 0 heterocycles. The molecule has 1 aromatic carbocycles. The lowest BCUT2D eigenvalue weighted by molar-refractivity contribution is -0.136. The SMILES string of the molecule is CN(C)P(=O)(Oc1ccccc1CC(=O)O)N(C)C. The number of benzene rings is 1. The summed E-state index contributed by atoms with van der Waals surface area (Å²) in [5.41, 5.74) is 0.499. The molecule has 0 aliphatic rings. The highest BCUT2D eigenvalue weighted by atomic mass is 31.2. The molecule has 0 fully saturated rings. The predicted molar refractivity (Wildman–Crippen MR) is 73.4 cm³/mol. The number of hydrogen-bond acceptors (Lipinski definition) is 3. The molecule has 19 heavy (non-hydrogen) atoms. The number of aliphatic carboxylic acids is 1. The molecular weight excluding hydrogens is 267 g/mol. The number of carboxylic acids is 1. The molecule has 0 aromatic heterocycles. The molecule has 0 unspecified atom stereocenters. The van der Waals surface area contributed by atoms with Crippen LogP contribution in [0.2, 0.25) is 0 Å². The van der Waals surface area contributed by atoms with Gasteiger partial charge in [-0.1, -0.05) is 18.2 Å². The minimum atomic E-state index is -3.18. The lowest BCUT2D eigenvalue weighted by Gasteiger charge is -2.30. The molecule has 1 aromatic rings. The Morgan fingerprint density at radius 2 is 1.74 bits per heavy atom. The second kappa shape index (κ2) is 6.19. The monoisotopic (exact) mass is 286 g/mol. The number of nitrogens with zero attached hydrogens (tertiary/aromatic N) is 2. The summed E-state index contributed by atoms with van der Waals surface area (Å²) >= 11 is 0. The third-order valence-electron chi connectivity index (χ3n) is 2.54. The first kappa shape index (κ1) is 15.7. The molecule has 0 saturated heterocycles. The normalized spacial score (nSPS) is 11.9. The topological polar surface area (TPSA) is 70.1 Å². The van der Waals surface area contributed by atoms with Gasteiger partial charge < -0.3 is 9.63 Å². The number of carboxylic acid groups (broad SMARTS) is 1. The van der Waals surface area contributed by atoms with Gasteiger partial charge in [-0.15, -0.1) is 0 Å². The van der Waals surface area contributed by atoms with Gasteiger partial charge in [-0.25, -0.2) is 13.9 Å². The highest BCUT2D eigenvalue weighted by Gasteiger charge is 2.31. The Kier molecular flexibility index (Phi) is 5.11. The summed E-state index contributed by atoms with van der Waals surface area (Å²) in [5, 5.41) is 8.86. The van der Waals surface area contributed by atoms with Crippen molar-refractivity contribution in [3.8, 4) is 5.75 Å². The molecule has 7 heteroatoms. The van der Waals surface area contributed by atoms with Gasteiger partial charge in [0.2, 0.25) is 0 Å². The molecule has 106 valence electrons. The fourth-order valence-electron chi connectivity index (χ4n) is 1.55. The van der Waals surface area contributed by atoms with Crippen molar-refractivity contribution in [2.75, 3.05) is 28.2 Å². The summed E-state index contributed by atoms with van der Waals surface area (Å²) in [6, 6.07) is 6.72. The maximum Gasteiger partial charge on any atom is 0.394 e. The van der Waals surface area contributed by atoms with Gasteiger partial charge >= 0.3 is 13.6 Å². The summed E-state index contributed by atoms with van der Waals surface area (Å²) in [7, 11) is 3.43. The zero-order chi connectivity index (χ0) is 14.6. The van der Waals surface area contributed by atoms with E-state index in [1.165, 1.54) is 9.34 Å². The van der Waals surface area contributed by atoms with Crippen LogP contribution in [0.5, 0.6) is 5.75 Å². The Labute approximate surface area is 113 Å². The highest BCUT2D eigenvalue weighted by molar-refractivity contribution is 7.54. The third kappa shape index (κ3) is 3.80. The number of rotatable bonds is 6. The van der Waals surface area contributed by atoms with Crippen LogP contribution in [0.1, 0.15) is 5.56 Å². The number of para-hydroxylation sites is 1. The summed E-state index contributed by atoms with van der Waals surface area (Å²) in [6.07, 6.45) is -0.170. The van der Waals surface area contributed by atoms with Gasteiger partial charge in [-0.3, -0.25) is 4.79 Å². The van der Waals surface area contributed by atoms with E-state index >= 15 is 0 Å². The Balaban J connectivity index is 3.10. The summed E-state index contributed by atoms with van der Waals surface area (Å²) in [5.74, 6) is -0.628. The molecule has 0 bridgehead atoms. The van der Waals surface area contributed by atoms with Crippen molar-refractivity contribution in [3.05, 3.63) is 29.8 Å². The number of hydrogen-bond donors (Lipinski definition) is 1. The second-order valence-electron chi connectivity index (χ2n) is 4.45. The van der Waals surface area contributed by atoms with Crippen LogP contribution in [-0.4, -0.2) is 48.6 Å². The van der Waals surface area contributed by atoms with Crippen LogP contribution < -0.4 is 4.52 Å². The standard InChI is InChI=1S/C12H19N2O4P/c1-13(2)19(17,14(3)4)18-11-8-6-5-7-10(11)9-12(15)16/h5-8H,9H2,1-4H3,(H,15,16). The molecule has 0 atom stereocenters. The van der Waals surface area contributed by atoms with Crippen LogP contribution >= 0.6 is 7.67 Å². The first-order valence-corrected chi connectivity index (χ1v) is 7.25. The van der Waals surface area contributed by atoms with Crippen molar-refractivity contribution in [2.24, 2.45) is 0 Å². The first-order valence-electron chi connectivity index (χ1n) is 5.72. The van der Waals surface area contributed by atoms with Crippen molar-refractivity contribution in [2.45, 2.75) is 6.42 Å². The Hall–Kier alpha value is -1.36. The van der Waals surface area contributed by atoms with E-state index in [2.05, 4.69) is 0 Å². The molecule has 0 aliphatic carbocycles. The highest BCUT2D eigenvalue weighted by Crippen LogP contribution is 2.51. The molecular formula is C12H19N2O4P. The molecule has 0 saturated carbocycles. The van der Waals surface area contributed by atoms with E-state index < -0.39 is 13.6 Å². The van der Waals surface area contributed by atoms with Crippen LogP contribution in [0.25, 0.3) is 0 Å². The van der Waals surface area contributed by atoms with Crippen molar-refractivity contribution >= 4 is 13.6 Å². The maximum absolute atomic E-state index is 12.7. The van der Waals surface area contributed by atoms with E-state index in [1.54, 1.807) is 52.5 Å². The summed E-state index contributed by atoms with van der Waals surface area (Å²) in [4.78, 5) is 10.8. The molecule has 1 N–H and O–H groups in total. The molecule has 0 amide bonds. The van der Waals surface area contributed by atoms with Crippen molar-refractivity contribution in [3.63, 3.8) is 0 Å². The molecule has 1 rings (SSSR count). The minimum absolute atomic E-state index is 0.170. The average Bonchev–Trinajstić information content (AvgIpc) is 2.30. The van der Waals surface area contributed by atoms with E-state index in [-0.39, 0.29) is 6.42 Å². The Bertz CT molecular complexity index is 490. The fraction of sp³-hybridized carbons (Fsp3) is 0.417. The zero-order valence-electron chi connectivity index (χ0n) is 11.5. The van der Waals surface area contributed by atoms with Gasteiger partial charge in [-0.2, -0.15) is 0 Å². The smallest absolute Gasteiger partial charge is 0.394 e. The first-order chi connectivity index (χ1) is 8.77. The third-order valence-corrected chi connectivity index (χ3v) is 5.00. The predicted octanol–water partition coefficient (Wildman–Crippen LogP) is 1.92. The largest absolute Gasteiger partial charge is 0.481 e. The maximum atomic E-state index is 12.7. The van der Waals surface area contributed by atoms with Gasteiger partial charge in [-0.05, 0) is 34.3 Å². The van der Waals surface area contributed by atoms with Crippen LogP contribution in [0.15, 0.2) is 24.3 Å². The van der Waals surface area contributed by atoms with Crippen molar-refractivity contribution in [1.29, 1.82) is 0 Å². The van der Waals surface area contributed by atoms with Gasteiger partial charge in [0.05, 0.1) is 6.42 Å². The fourth-order valence-corrected chi connectivity index (χ4v) is 3.03. The van der Waals surface area contributed by atoms with Crippen LogP contribution in [-0.2, 0) is 15.8 Å². The van der Waals surface area contributed by atoms with E-state index in [1.807, 2.05) is 0 Å². The van der Waals surface area contributed by atoms with E-state index in [4.69, 9.17) is 9.63 Å². The van der Waals surface area contributed by atoms with Crippen LogP contribution in [0, 0.1) is 0 Å². The van der Waals surface area contributed by atoms with Gasteiger partial charge in [0.1, 0.15) is 5.75 Å². The molecule has 0 spiro atoms. The van der Waals surface area contributed by atoms with Gasteiger partial charge in [0.15, 0.2) is 0 Å². The average molecular weight is 286 g/mol. The Morgan fingerprint density at radius 3 is 2.21 bits per heavy atom. The Morgan fingerprint density at radius 1 is 1.21 bits per heavy atom. The van der Waals surface area contributed by atoms with E-state index in [0.717, 1.165) is 0 Å². The molecule has 0 radical (unpaired) electrons. The van der Waals surface area contributed by atoms with E-state index in [9.17, 15) is 9.36 Å². The van der Waals surface area contributed by atoms with Crippen molar-refractivity contribution < 1.29 is 19.0 Å². The minimum Gasteiger partial charge on any atom is -0.481 e. The van der Waals surface area contributed by atoms with Crippen LogP contribution in [0.3, 0.4) is 0 Å². The summed E-state index contributed by atoms with van der Waals surface area (Å²) in [6.45, 7) is 0. The second-order valence-corrected chi connectivity index (χ2v) is 7.22. The van der Waals surface area contributed by atoms with Crippen molar-refractivity contribution in [1.82, 2.24) is 9.34 Å². The quantitative estimate of drug-likeness (QED) is 0.806. The molecule has 0 aliphatic heterocycles.